The number of likely N-dealkylation sites (tertiary alicyclic amines) is 1. The monoisotopic (exact) mass is 357 g/mol. The zero-order valence-corrected chi connectivity index (χ0v) is 14.8. The molecule has 1 saturated heterocycles. The lowest BCUT2D eigenvalue weighted by Gasteiger charge is -2.31. The van der Waals surface area contributed by atoms with E-state index in [-0.39, 0.29) is 11.5 Å². The molecule has 1 amide bonds. The lowest BCUT2D eigenvalue weighted by Crippen LogP contribution is -2.37. The third kappa shape index (κ3) is 4.70. The molecule has 130 valence electrons. The van der Waals surface area contributed by atoms with Crippen molar-refractivity contribution in [2.24, 2.45) is 5.92 Å². The minimum atomic E-state index is -0.418. The standard InChI is InChI=1S/C21H21ClFNO/c22-19-7-4-8-20(23)18(19)9-10-21(25)24-13-11-17(12-14-24)15-16-5-2-1-3-6-16/h1-10,17H,11-15H2. The van der Waals surface area contributed by atoms with Gasteiger partial charge < -0.3 is 4.90 Å². The summed E-state index contributed by atoms with van der Waals surface area (Å²) >= 11 is 5.98. The van der Waals surface area contributed by atoms with Crippen LogP contribution in [0.1, 0.15) is 24.0 Å². The first-order valence-corrected chi connectivity index (χ1v) is 8.96. The average molecular weight is 358 g/mol. The van der Waals surface area contributed by atoms with Gasteiger partial charge in [-0.3, -0.25) is 4.79 Å². The van der Waals surface area contributed by atoms with E-state index in [0.29, 0.717) is 10.9 Å². The van der Waals surface area contributed by atoms with Crippen LogP contribution in [0.25, 0.3) is 6.08 Å². The summed E-state index contributed by atoms with van der Waals surface area (Å²) in [6.07, 6.45) is 5.94. The molecule has 1 aliphatic rings. The quantitative estimate of drug-likeness (QED) is 0.707. The fourth-order valence-corrected chi connectivity index (χ4v) is 3.46. The van der Waals surface area contributed by atoms with Crippen LogP contribution in [0.15, 0.2) is 54.6 Å². The van der Waals surface area contributed by atoms with Crippen molar-refractivity contribution in [2.75, 3.05) is 13.1 Å². The van der Waals surface area contributed by atoms with Gasteiger partial charge in [0.25, 0.3) is 0 Å². The number of benzene rings is 2. The molecule has 0 unspecified atom stereocenters. The third-order valence-electron chi connectivity index (χ3n) is 4.69. The maximum Gasteiger partial charge on any atom is 0.246 e. The molecule has 0 aliphatic carbocycles. The molecule has 0 atom stereocenters. The average Bonchev–Trinajstić information content (AvgIpc) is 2.62. The molecule has 2 nitrogen and oxygen atoms in total. The van der Waals surface area contributed by atoms with Crippen LogP contribution in [-0.4, -0.2) is 23.9 Å². The van der Waals surface area contributed by atoms with Gasteiger partial charge in [-0.05, 0) is 49.0 Å². The molecule has 0 bridgehead atoms. The molecular formula is C21H21ClFNO. The summed E-state index contributed by atoms with van der Waals surface area (Å²) in [5, 5.41) is 0.311. The Hall–Kier alpha value is -2.13. The van der Waals surface area contributed by atoms with Gasteiger partial charge in [0.05, 0.1) is 5.02 Å². The Labute approximate surface area is 152 Å². The number of carbonyl (C=O) groups excluding carboxylic acids is 1. The highest BCUT2D eigenvalue weighted by Crippen LogP contribution is 2.23. The minimum absolute atomic E-state index is 0.0857. The highest BCUT2D eigenvalue weighted by Gasteiger charge is 2.21. The normalized spacial score (nSPS) is 15.7. The minimum Gasteiger partial charge on any atom is -0.339 e. The fraction of sp³-hybridized carbons (Fsp3) is 0.286. The zero-order chi connectivity index (χ0) is 17.6. The number of nitrogens with zero attached hydrogens (tertiary/aromatic N) is 1. The number of halogens is 2. The lowest BCUT2D eigenvalue weighted by molar-refractivity contribution is -0.127. The Morgan fingerprint density at radius 3 is 2.52 bits per heavy atom. The van der Waals surface area contributed by atoms with Gasteiger partial charge in [0, 0.05) is 24.7 Å². The summed E-state index contributed by atoms with van der Waals surface area (Å²) < 4.78 is 13.7. The second-order valence-corrected chi connectivity index (χ2v) is 6.83. The van der Waals surface area contributed by atoms with Crippen LogP contribution in [-0.2, 0) is 11.2 Å². The highest BCUT2D eigenvalue weighted by molar-refractivity contribution is 6.32. The third-order valence-corrected chi connectivity index (χ3v) is 5.02. The smallest absolute Gasteiger partial charge is 0.246 e. The van der Waals surface area contributed by atoms with E-state index in [9.17, 15) is 9.18 Å². The summed E-state index contributed by atoms with van der Waals surface area (Å²) in [7, 11) is 0. The summed E-state index contributed by atoms with van der Waals surface area (Å²) in [5.74, 6) is 0.104. The molecule has 1 heterocycles. The van der Waals surface area contributed by atoms with E-state index in [0.717, 1.165) is 32.4 Å². The topological polar surface area (TPSA) is 20.3 Å². The second kappa shape index (κ2) is 8.30. The van der Waals surface area contributed by atoms with E-state index in [4.69, 9.17) is 11.6 Å². The van der Waals surface area contributed by atoms with Crippen LogP contribution in [0.4, 0.5) is 4.39 Å². The van der Waals surface area contributed by atoms with Crippen molar-refractivity contribution >= 4 is 23.6 Å². The molecular weight excluding hydrogens is 337 g/mol. The van der Waals surface area contributed by atoms with Gasteiger partial charge in [0.15, 0.2) is 0 Å². The van der Waals surface area contributed by atoms with Crippen molar-refractivity contribution in [3.05, 3.63) is 76.6 Å². The largest absolute Gasteiger partial charge is 0.339 e. The van der Waals surface area contributed by atoms with E-state index >= 15 is 0 Å². The number of hydrogen-bond acceptors (Lipinski definition) is 1. The van der Waals surface area contributed by atoms with Crippen molar-refractivity contribution in [2.45, 2.75) is 19.3 Å². The van der Waals surface area contributed by atoms with Gasteiger partial charge in [0.2, 0.25) is 5.91 Å². The first-order valence-electron chi connectivity index (χ1n) is 8.58. The molecule has 25 heavy (non-hydrogen) atoms. The fourth-order valence-electron chi connectivity index (χ4n) is 3.23. The Kier molecular flexibility index (Phi) is 5.87. The number of rotatable bonds is 4. The molecule has 4 heteroatoms. The van der Waals surface area contributed by atoms with Crippen molar-refractivity contribution in [1.29, 1.82) is 0 Å². The van der Waals surface area contributed by atoms with Crippen molar-refractivity contribution in [3.63, 3.8) is 0 Å². The molecule has 1 aliphatic heterocycles. The summed E-state index contributed by atoms with van der Waals surface area (Å²) in [6, 6.07) is 15.0. The number of piperidine rings is 1. The maximum atomic E-state index is 13.7. The lowest BCUT2D eigenvalue weighted by atomic mass is 9.90. The molecule has 2 aromatic carbocycles. The molecule has 3 rings (SSSR count). The highest BCUT2D eigenvalue weighted by atomic mass is 35.5. The predicted molar refractivity (Wildman–Crippen MR) is 99.9 cm³/mol. The van der Waals surface area contributed by atoms with Crippen LogP contribution in [0.3, 0.4) is 0 Å². The van der Waals surface area contributed by atoms with Gasteiger partial charge in [-0.1, -0.05) is 48.0 Å². The molecule has 0 radical (unpaired) electrons. The van der Waals surface area contributed by atoms with E-state index in [2.05, 4.69) is 24.3 Å². The predicted octanol–water partition coefficient (Wildman–Crippen LogP) is 4.97. The summed E-state index contributed by atoms with van der Waals surface area (Å²) in [6.45, 7) is 1.48. The van der Waals surface area contributed by atoms with Crippen LogP contribution in [0.2, 0.25) is 5.02 Å². The molecule has 2 aromatic rings. The Balaban J connectivity index is 1.54. The number of carbonyl (C=O) groups is 1. The summed E-state index contributed by atoms with van der Waals surface area (Å²) in [5.41, 5.74) is 1.61. The molecule has 0 aromatic heterocycles. The first kappa shape index (κ1) is 17.7. The Morgan fingerprint density at radius 2 is 1.84 bits per heavy atom. The first-order chi connectivity index (χ1) is 12.1. The van der Waals surface area contributed by atoms with E-state index in [1.165, 1.54) is 23.8 Å². The molecule has 0 saturated carbocycles. The van der Waals surface area contributed by atoms with Gasteiger partial charge >= 0.3 is 0 Å². The molecule has 0 spiro atoms. The number of hydrogen-bond donors (Lipinski definition) is 0. The van der Waals surface area contributed by atoms with Crippen LogP contribution in [0.5, 0.6) is 0 Å². The van der Waals surface area contributed by atoms with E-state index in [1.54, 1.807) is 12.1 Å². The molecule has 0 N–H and O–H groups in total. The Morgan fingerprint density at radius 1 is 1.12 bits per heavy atom. The van der Waals surface area contributed by atoms with E-state index in [1.807, 2.05) is 11.0 Å². The van der Waals surface area contributed by atoms with Gasteiger partial charge in [0.1, 0.15) is 5.82 Å². The second-order valence-electron chi connectivity index (χ2n) is 6.43. The van der Waals surface area contributed by atoms with Gasteiger partial charge in [-0.2, -0.15) is 0 Å². The van der Waals surface area contributed by atoms with Crippen molar-refractivity contribution in [3.8, 4) is 0 Å². The van der Waals surface area contributed by atoms with E-state index < -0.39 is 5.82 Å². The number of amides is 1. The van der Waals surface area contributed by atoms with Crippen molar-refractivity contribution in [1.82, 2.24) is 4.90 Å². The van der Waals surface area contributed by atoms with Gasteiger partial charge in [-0.25, -0.2) is 4.39 Å². The summed E-state index contributed by atoms with van der Waals surface area (Å²) in [4.78, 5) is 14.2. The maximum absolute atomic E-state index is 13.7. The molecule has 1 fully saturated rings. The SMILES string of the molecule is O=C(C=Cc1c(F)cccc1Cl)N1CCC(Cc2ccccc2)CC1. The van der Waals surface area contributed by atoms with Crippen LogP contribution in [0, 0.1) is 11.7 Å². The zero-order valence-electron chi connectivity index (χ0n) is 14.0. The van der Waals surface area contributed by atoms with Crippen molar-refractivity contribution < 1.29 is 9.18 Å². The van der Waals surface area contributed by atoms with Crippen LogP contribution >= 0.6 is 11.6 Å². The van der Waals surface area contributed by atoms with Crippen LogP contribution < -0.4 is 0 Å². The Bertz CT molecular complexity index is 731. The van der Waals surface area contributed by atoms with Gasteiger partial charge in [-0.15, -0.1) is 0 Å².